The molecular formula is C50H78O6. The van der Waals surface area contributed by atoms with Gasteiger partial charge in [0.25, 0.3) is 0 Å². The number of hydrogen-bond acceptors (Lipinski definition) is 6. The van der Waals surface area contributed by atoms with Gasteiger partial charge in [0.1, 0.15) is 24.1 Å². The third kappa shape index (κ3) is 22.3. The smallest absolute Gasteiger partial charge is 0.330 e. The molecule has 2 aromatic rings. The van der Waals surface area contributed by atoms with Gasteiger partial charge in [-0.25, -0.2) is 4.79 Å². The monoisotopic (exact) mass is 775 g/mol. The third-order valence-electron chi connectivity index (χ3n) is 11.2. The van der Waals surface area contributed by atoms with Crippen molar-refractivity contribution >= 4 is 24.3 Å². The van der Waals surface area contributed by atoms with Crippen molar-refractivity contribution in [3.05, 3.63) is 77.4 Å². The average Bonchev–Trinajstić information content (AvgIpc) is 4.07. The summed E-state index contributed by atoms with van der Waals surface area (Å²) < 4.78 is 9.84. The molecule has 3 aliphatic rings. The predicted molar refractivity (Wildman–Crippen MR) is 234 cm³/mol. The first-order chi connectivity index (χ1) is 27.2. The molecule has 0 unspecified atom stereocenters. The average molecular weight is 775 g/mol. The number of hydrogen-bond donors (Lipinski definition) is 0. The van der Waals surface area contributed by atoms with Gasteiger partial charge in [-0.15, -0.1) is 0 Å². The first-order valence-corrected chi connectivity index (χ1v) is 22.1. The molecule has 0 aliphatic heterocycles. The van der Waals surface area contributed by atoms with Gasteiger partial charge in [0.2, 0.25) is 0 Å². The van der Waals surface area contributed by atoms with Crippen LogP contribution in [0.5, 0.6) is 5.75 Å². The Morgan fingerprint density at radius 3 is 1.89 bits per heavy atom. The molecule has 5 rings (SSSR count). The van der Waals surface area contributed by atoms with Crippen LogP contribution < -0.4 is 4.74 Å². The van der Waals surface area contributed by atoms with Gasteiger partial charge in [0.15, 0.2) is 0 Å². The van der Waals surface area contributed by atoms with Crippen molar-refractivity contribution < 1.29 is 28.7 Å². The minimum absolute atomic E-state index is 0.227. The Labute approximate surface area is 342 Å². The summed E-state index contributed by atoms with van der Waals surface area (Å²) in [5, 5.41) is 0. The Balaban J connectivity index is 0.000000377. The molecule has 3 saturated carbocycles. The van der Waals surface area contributed by atoms with Crippen molar-refractivity contribution in [1.82, 2.24) is 0 Å². The van der Waals surface area contributed by atoms with E-state index < -0.39 is 0 Å². The Bertz CT molecular complexity index is 1340. The number of carbonyl (C=O) groups is 4. The van der Waals surface area contributed by atoms with Gasteiger partial charge in [-0.2, -0.15) is 0 Å². The highest BCUT2D eigenvalue weighted by Gasteiger charge is 2.25. The Morgan fingerprint density at radius 2 is 1.36 bits per heavy atom. The molecule has 0 radical (unpaired) electrons. The summed E-state index contributed by atoms with van der Waals surface area (Å²) in [5.41, 5.74) is 4.59. The molecule has 0 amide bonds. The molecule has 0 aromatic heterocycles. The van der Waals surface area contributed by atoms with Gasteiger partial charge < -0.3 is 14.3 Å². The number of unbranched alkanes of at least 4 members (excludes halogenated alkanes) is 3. The van der Waals surface area contributed by atoms with Gasteiger partial charge in [0, 0.05) is 29.9 Å². The number of ether oxygens (including phenoxy) is 2. The normalized spacial score (nSPS) is 19.6. The van der Waals surface area contributed by atoms with Crippen LogP contribution in [0.25, 0.3) is 0 Å². The number of carbonyl (C=O) groups excluding carboxylic acids is 4. The standard InChI is InChI=1S/C17H24O.C12H20O2.C11H18O2.C8H10O.C2H6/c1-3-4-14-6-9-15(10-7-14)16-8-5-13(2)17(11-16)12-18;1-2-12(13)14-10-6-4-3-5-7-11-8-9-11;1-2-3-11(13)10-6-4-9(8-12)5-7-10;1-7-3-5-8(9-2)6-4-7;1-2/h5,8,11-12,14-15H,3-4,6-7,9-10H2,1-2H3;2,11H,1,3-10H2;8-10H,2-7H2,1H3;3-6H,1-2H3;1-2H3. The Kier molecular flexibility index (Phi) is 28.4. The summed E-state index contributed by atoms with van der Waals surface area (Å²) >= 11 is 0. The fourth-order valence-corrected chi connectivity index (χ4v) is 7.46. The zero-order valence-electron chi connectivity index (χ0n) is 36.5. The molecule has 3 aliphatic carbocycles. The van der Waals surface area contributed by atoms with Crippen molar-refractivity contribution in [1.29, 1.82) is 0 Å². The predicted octanol–water partition coefficient (Wildman–Crippen LogP) is 13.3. The molecule has 0 spiro atoms. The fourth-order valence-electron chi connectivity index (χ4n) is 7.46. The van der Waals surface area contributed by atoms with E-state index >= 15 is 0 Å². The molecule has 6 nitrogen and oxygen atoms in total. The first-order valence-electron chi connectivity index (χ1n) is 22.1. The van der Waals surface area contributed by atoms with Crippen LogP contribution in [0.2, 0.25) is 0 Å². The second kappa shape index (κ2) is 31.5. The van der Waals surface area contributed by atoms with Crippen LogP contribution in [0.1, 0.15) is 183 Å². The number of aryl methyl sites for hydroxylation is 2. The van der Waals surface area contributed by atoms with E-state index in [0.29, 0.717) is 18.3 Å². The summed E-state index contributed by atoms with van der Waals surface area (Å²) in [6, 6.07) is 14.4. The fraction of sp³-hybridized carbons (Fsp3) is 0.640. The highest BCUT2D eigenvalue weighted by molar-refractivity contribution is 5.81. The molecule has 3 fully saturated rings. The maximum absolute atomic E-state index is 11.5. The number of esters is 1. The van der Waals surface area contributed by atoms with Crippen LogP contribution in [0.4, 0.5) is 0 Å². The van der Waals surface area contributed by atoms with E-state index in [-0.39, 0.29) is 17.8 Å². The minimum Gasteiger partial charge on any atom is -0.497 e. The number of methoxy groups -OCH3 is 1. The highest BCUT2D eigenvalue weighted by Crippen LogP contribution is 2.38. The van der Waals surface area contributed by atoms with E-state index in [1.807, 2.05) is 52.0 Å². The molecule has 0 atom stereocenters. The van der Waals surface area contributed by atoms with Crippen molar-refractivity contribution in [2.24, 2.45) is 23.7 Å². The Hall–Kier alpha value is -3.54. The lowest BCUT2D eigenvalue weighted by Crippen LogP contribution is -2.22. The number of benzene rings is 2. The SMILES string of the molecule is C=CC(=O)OCCCCCCC1CC1.CC.CCCC(=O)C1CCC(C=O)CC1.CCCC1CCC(c2ccc(C)c(C=O)c2)CC1.COc1ccc(C)cc1. The van der Waals surface area contributed by atoms with Crippen LogP contribution in [-0.2, 0) is 19.1 Å². The second-order valence-corrected chi connectivity index (χ2v) is 15.7. The number of aldehydes is 2. The largest absolute Gasteiger partial charge is 0.497 e. The van der Waals surface area contributed by atoms with Crippen LogP contribution in [-0.4, -0.2) is 38.0 Å². The molecule has 0 heterocycles. The molecule has 0 N–H and O–H groups in total. The van der Waals surface area contributed by atoms with Crippen molar-refractivity contribution in [2.75, 3.05) is 13.7 Å². The van der Waals surface area contributed by atoms with Crippen LogP contribution in [0.3, 0.4) is 0 Å². The lowest BCUT2D eigenvalue weighted by molar-refractivity contribution is -0.137. The molecule has 314 valence electrons. The number of rotatable bonds is 17. The Morgan fingerprint density at radius 1 is 0.750 bits per heavy atom. The minimum atomic E-state index is -0.303. The summed E-state index contributed by atoms with van der Waals surface area (Å²) in [7, 11) is 1.67. The molecule has 56 heavy (non-hydrogen) atoms. The van der Waals surface area contributed by atoms with E-state index in [1.54, 1.807) is 7.11 Å². The van der Waals surface area contributed by atoms with Gasteiger partial charge >= 0.3 is 5.97 Å². The second-order valence-electron chi connectivity index (χ2n) is 15.7. The zero-order chi connectivity index (χ0) is 41.6. The summed E-state index contributed by atoms with van der Waals surface area (Å²) in [5.74, 6) is 4.19. The lowest BCUT2D eigenvalue weighted by atomic mass is 9.77. The maximum Gasteiger partial charge on any atom is 0.330 e. The van der Waals surface area contributed by atoms with E-state index in [0.717, 1.165) is 86.2 Å². The van der Waals surface area contributed by atoms with E-state index in [9.17, 15) is 19.2 Å². The molecule has 0 saturated heterocycles. The van der Waals surface area contributed by atoms with Crippen molar-refractivity contribution in [2.45, 2.75) is 169 Å². The maximum atomic E-state index is 11.5. The van der Waals surface area contributed by atoms with Crippen LogP contribution in [0, 0.1) is 37.5 Å². The highest BCUT2D eigenvalue weighted by atomic mass is 16.5. The summed E-state index contributed by atoms with van der Waals surface area (Å²) in [6.45, 7) is 16.3. The lowest BCUT2D eigenvalue weighted by Gasteiger charge is -2.28. The van der Waals surface area contributed by atoms with Gasteiger partial charge in [-0.05, 0) is 125 Å². The quantitative estimate of drug-likeness (QED) is 0.0688. The van der Waals surface area contributed by atoms with Crippen molar-refractivity contribution in [3.8, 4) is 5.75 Å². The number of ketones is 1. The zero-order valence-corrected chi connectivity index (χ0v) is 36.5. The molecule has 0 bridgehead atoms. The molecule has 6 heteroatoms. The topological polar surface area (TPSA) is 86.7 Å². The van der Waals surface area contributed by atoms with Crippen LogP contribution in [0.15, 0.2) is 55.1 Å². The number of Topliss-reactive ketones (excluding diaryl/α,β-unsaturated/α-hetero) is 1. The van der Waals surface area contributed by atoms with Crippen molar-refractivity contribution in [3.63, 3.8) is 0 Å². The van der Waals surface area contributed by atoms with E-state index in [2.05, 4.69) is 38.6 Å². The first kappa shape index (κ1) is 50.5. The summed E-state index contributed by atoms with van der Waals surface area (Å²) in [4.78, 5) is 43.6. The van der Waals surface area contributed by atoms with Gasteiger partial charge in [-0.3, -0.25) is 9.59 Å². The van der Waals surface area contributed by atoms with Gasteiger partial charge in [0.05, 0.1) is 13.7 Å². The van der Waals surface area contributed by atoms with E-state index in [4.69, 9.17) is 9.47 Å². The third-order valence-corrected chi connectivity index (χ3v) is 11.2. The van der Waals surface area contributed by atoms with Crippen LogP contribution >= 0.6 is 0 Å². The summed E-state index contributed by atoms with van der Waals surface area (Å²) in [6.07, 6.45) is 25.8. The molecule has 2 aromatic carbocycles. The molecular weight excluding hydrogens is 697 g/mol. The van der Waals surface area contributed by atoms with Gasteiger partial charge in [-0.1, -0.05) is 115 Å². The van der Waals surface area contributed by atoms with E-state index in [1.165, 1.54) is 94.3 Å².